The van der Waals surface area contributed by atoms with E-state index in [-0.39, 0.29) is 10.8 Å². The van der Waals surface area contributed by atoms with Crippen LogP contribution in [-0.2, 0) is 0 Å². The van der Waals surface area contributed by atoms with Crippen molar-refractivity contribution in [2.45, 2.75) is 33.6 Å². The Balaban J connectivity index is 2.88. The van der Waals surface area contributed by atoms with Gasteiger partial charge in [0.1, 0.15) is 5.82 Å². The Kier molecular flexibility index (Phi) is 5.43. The summed E-state index contributed by atoms with van der Waals surface area (Å²) in [5, 5.41) is 0.166. The summed E-state index contributed by atoms with van der Waals surface area (Å²) < 4.78 is 13.3. The fourth-order valence-electron chi connectivity index (χ4n) is 1.58. The molecule has 0 aliphatic carbocycles. The number of hydrogen-bond donors (Lipinski definition) is 0. The Hall–Kier alpha value is -1.08. The summed E-state index contributed by atoms with van der Waals surface area (Å²) in [4.78, 5) is 0. The van der Waals surface area contributed by atoms with E-state index in [1.807, 2.05) is 19.1 Å². The van der Waals surface area contributed by atoms with E-state index >= 15 is 0 Å². The van der Waals surface area contributed by atoms with E-state index < -0.39 is 0 Å². The summed E-state index contributed by atoms with van der Waals surface area (Å²) in [5.74, 6) is -0.369. The van der Waals surface area contributed by atoms with Crippen LogP contribution in [-0.4, -0.2) is 0 Å². The van der Waals surface area contributed by atoms with Crippen molar-refractivity contribution in [3.8, 4) is 0 Å². The second-order valence-corrected chi connectivity index (χ2v) is 4.65. The van der Waals surface area contributed by atoms with E-state index in [4.69, 9.17) is 11.6 Å². The van der Waals surface area contributed by atoms with E-state index in [0.29, 0.717) is 0 Å². The summed E-state index contributed by atoms with van der Waals surface area (Å²) in [6.07, 6.45) is 6.35. The van der Waals surface area contributed by atoms with Crippen LogP contribution in [0.5, 0.6) is 0 Å². The first-order valence-corrected chi connectivity index (χ1v) is 6.22. The number of hydrogen-bond acceptors (Lipinski definition) is 0. The van der Waals surface area contributed by atoms with Crippen molar-refractivity contribution in [1.29, 1.82) is 0 Å². The first-order chi connectivity index (χ1) is 8.04. The quantitative estimate of drug-likeness (QED) is 0.610. The second kappa shape index (κ2) is 6.61. The average Bonchev–Trinajstić information content (AvgIpc) is 2.30. The highest BCUT2D eigenvalue weighted by atomic mass is 35.5. The lowest BCUT2D eigenvalue weighted by Gasteiger charge is -2.02. The maximum atomic E-state index is 13.3. The van der Waals surface area contributed by atoms with E-state index in [1.54, 1.807) is 6.07 Å². The van der Waals surface area contributed by atoms with Crippen LogP contribution >= 0.6 is 11.6 Å². The normalized spacial score (nSPS) is 13.0. The maximum Gasteiger partial charge on any atom is 0.142 e. The molecular weight excluding hydrogens is 235 g/mol. The van der Waals surface area contributed by atoms with E-state index in [1.165, 1.54) is 11.6 Å². The highest BCUT2D eigenvalue weighted by Crippen LogP contribution is 2.21. The lowest BCUT2D eigenvalue weighted by molar-refractivity contribution is 0.628. The molecule has 1 rings (SSSR count). The van der Waals surface area contributed by atoms with Gasteiger partial charge < -0.3 is 0 Å². The highest BCUT2D eigenvalue weighted by Gasteiger charge is 2.01. The second-order valence-electron chi connectivity index (χ2n) is 4.24. The molecule has 0 nitrogen and oxygen atoms in total. The van der Waals surface area contributed by atoms with Crippen molar-refractivity contribution < 1.29 is 4.39 Å². The van der Waals surface area contributed by atoms with Crippen LogP contribution in [0.25, 0.3) is 5.57 Å². The molecule has 0 bridgehead atoms. The molecule has 2 heteroatoms. The topological polar surface area (TPSA) is 0 Å². The van der Waals surface area contributed by atoms with Gasteiger partial charge in [-0.3, -0.25) is 0 Å². The predicted octanol–water partition coefficient (Wildman–Crippen LogP) is 5.63. The molecule has 92 valence electrons. The van der Waals surface area contributed by atoms with Gasteiger partial charge >= 0.3 is 0 Å². The van der Waals surface area contributed by atoms with Gasteiger partial charge in [0, 0.05) is 0 Å². The van der Waals surface area contributed by atoms with Crippen molar-refractivity contribution in [3.05, 3.63) is 52.3 Å². The van der Waals surface area contributed by atoms with Gasteiger partial charge in [0.2, 0.25) is 0 Å². The smallest absolute Gasteiger partial charge is 0.142 e. The molecule has 1 aromatic carbocycles. The average molecular weight is 253 g/mol. The highest BCUT2D eigenvalue weighted by molar-refractivity contribution is 6.30. The van der Waals surface area contributed by atoms with Crippen molar-refractivity contribution in [1.82, 2.24) is 0 Å². The zero-order valence-corrected chi connectivity index (χ0v) is 11.3. The molecule has 0 heterocycles. The van der Waals surface area contributed by atoms with Crippen LogP contribution in [0, 0.1) is 5.82 Å². The summed E-state index contributed by atoms with van der Waals surface area (Å²) in [5.41, 5.74) is 3.24. The summed E-state index contributed by atoms with van der Waals surface area (Å²) in [6, 6.07) is 4.89. The molecule has 0 atom stereocenters. The standard InChI is InChI=1S/C15H18ClF/c1-4-5-11(2)6-7-12(3)13-8-9-14(16)15(17)10-13/h6-10H,4-5H2,1-3H3/b11-6+,12-7+. The van der Waals surface area contributed by atoms with Crippen molar-refractivity contribution in [3.63, 3.8) is 0 Å². The van der Waals surface area contributed by atoms with Crippen LogP contribution in [0.2, 0.25) is 5.02 Å². The lowest BCUT2D eigenvalue weighted by atomic mass is 10.1. The third-order valence-corrected chi connectivity index (χ3v) is 2.94. The van der Waals surface area contributed by atoms with Gasteiger partial charge in [0.05, 0.1) is 5.02 Å². The van der Waals surface area contributed by atoms with Crippen LogP contribution < -0.4 is 0 Å². The fraction of sp³-hybridized carbons (Fsp3) is 0.333. The van der Waals surface area contributed by atoms with Crippen LogP contribution in [0.4, 0.5) is 4.39 Å². The summed E-state index contributed by atoms with van der Waals surface area (Å²) in [6.45, 7) is 6.23. The zero-order valence-electron chi connectivity index (χ0n) is 10.6. The van der Waals surface area contributed by atoms with E-state index in [2.05, 4.69) is 19.9 Å². The van der Waals surface area contributed by atoms with Crippen molar-refractivity contribution in [2.75, 3.05) is 0 Å². The molecule has 0 aliphatic heterocycles. The first-order valence-electron chi connectivity index (χ1n) is 5.84. The third kappa shape index (κ3) is 4.35. The Morgan fingerprint density at radius 3 is 2.59 bits per heavy atom. The van der Waals surface area contributed by atoms with Crippen LogP contribution in [0.15, 0.2) is 35.9 Å². The van der Waals surface area contributed by atoms with Crippen LogP contribution in [0.3, 0.4) is 0 Å². The molecule has 0 aromatic heterocycles. The Morgan fingerprint density at radius 1 is 1.29 bits per heavy atom. The predicted molar refractivity (Wildman–Crippen MR) is 73.7 cm³/mol. The van der Waals surface area contributed by atoms with Crippen molar-refractivity contribution in [2.24, 2.45) is 0 Å². The number of allylic oxidation sites excluding steroid dienone is 4. The molecule has 0 radical (unpaired) electrons. The van der Waals surface area contributed by atoms with Gasteiger partial charge in [-0.1, -0.05) is 48.7 Å². The van der Waals surface area contributed by atoms with Gasteiger partial charge in [-0.15, -0.1) is 0 Å². The monoisotopic (exact) mass is 252 g/mol. The molecule has 0 amide bonds. The molecule has 1 aromatic rings. The first kappa shape index (κ1) is 14.0. The lowest BCUT2D eigenvalue weighted by Crippen LogP contribution is -1.83. The van der Waals surface area contributed by atoms with Gasteiger partial charge in [0.25, 0.3) is 0 Å². The minimum absolute atomic E-state index is 0.166. The largest absolute Gasteiger partial charge is 0.205 e. The zero-order chi connectivity index (χ0) is 12.8. The molecule has 0 saturated carbocycles. The SMILES string of the molecule is CCC/C(C)=C/C=C(\C)c1ccc(Cl)c(F)c1. The van der Waals surface area contributed by atoms with Crippen molar-refractivity contribution >= 4 is 17.2 Å². The molecule has 0 spiro atoms. The van der Waals surface area contributed by atoms with Gasteiger partial charge in [-0.2, -0.15) is 0 Å². The molecular formula is C15H18ClF. The Morgan fingerprint density at radius 2 is 2.00 bits per heavy atom. The summed E-state index contributed by atoms with van der Waals surface area (Å²) in [7, 11) is 0. The molecule has 0 N–H and O–H groups in total. The fourth-order valence-corrected chi connectivity index (χ4v) is 1.70. The number of halogens is 2. The molecule has 0 fully saturated rings. The number of rotatable bonds is 4. The Bertz CT molecular complexity index is 444. The third-order valence-electron chi connectivity index (χ3n) is 2.64. The van der Waals surface area contributed by atoms with Gasteiger partial charge in [-0.25, -0.2) is 4.39 Å². The molecule has 0 aliphatic rings. The molecule has 0 unspecified atom stereocenters. The minimum Gasteiger partial charge on any atom is -0.205 e. The molecule has 0 saturated heterocycles. The number of benzene rings is 1. The van der Waals surface area contributed by atoms with Gasteiger partial charge in [-0.05, 0) is 43.5 Å². The molecule has 17 heavy (non-hydrogen) atoms. The van der Waals surface area contributed by atoms with E-state index in [0.717, 1.165) is 24.0 Å². The van der Waals surface area contributed by atoms with Crippen LogP contribution in [0.1, 0.15) is 39.2 Å². The maximum absolute atomic E-state index is 13.3. The van der Waals surface area contributed by atoms with Gasteiger partial charge in [0.15, 0.2) is 0 Å². The minimum atomic E-state index is -0.369. The Labute approximate surface area is 108 Å². The van der Waals surface area contributed by atoms with E-state index in [9.17, 15) is 4.39 Å². The summed E-state index contributed by atoms with van der Waals surface area (Å²) >= 11 is 5.65.